The molecule has 0 aliphatic heterocycles. The van der Waals surface area contributed by atoms with Gasteiger partial charge in [-0.05, 0) is 28.7 Å². The first kappa shape index (κ1) is 6.80. The van der Waals surface area contributed by atoms with Gasteiger partial charge in [0.25, 0.3) is 0 Å². The van der Waals surface area contributed by atoms with Crippen LogP contribution >= 0.6 is 22.6 Å². The van der Waals surface area contributed by atoms with Gasteiger partial charge in [0.05, 0.1) is 5.69 Å². The molecule has 0 atom stereocenters. The van der Waals surface area contributed by atoms with Crippen LogP contribution in [-0.2, 0) is 7.05 Å². The van der Waals surface area contributed by atoms with Crippen LogP contribution in [0.2, 0.25) is 0 Å². The fourth-order valence-electron chi connectivity index (χ4n) is 0.651. The zero-order valence-electron chi connectivity index (χ0n) is 4.97. The van der Waals surface area contributed by atoms with E-state index in [4.69, 9.17) is 0 Å². The molecule has 0 unspecified atom stereocenters. The first-order chi connectivity index (χ1) is 4.25. The Labute approximate surface area is 67.0 Å². The summed E-state index contributed by atoms with van der Waals surface area (Å²) in [5.74, 6) is 0. The fourth-order valence-corrected chi connectivity index (χ4v) is 1.32. The molecule has 0 amide bonds. The molecule has 3 heteroatoms. The van der Waals surface area contributed by atoms with Crippen LogP contribution in [0.15, 0.2) is 12.3 Å². The summed E-state index contributed by atoms with van der Waals surface area (Å²) in [6.07, 6.45) is 2.73. The van der Waals surface area contributed by atoms with Crippen molar-refractivity contribution in [3.63, 3.8) is 0 Å². The second-order valence-electron chi connectivity index (χ2n) is 1.78. The Morgan fingerprint density at radius 1 is 1.78 bits per heavy atom. The summed E-state index contributed by atoms with van der Waals surface area (Å²) >= 11 is 2.13. The van der Waals surface area contributed by atoms with Gasteiger partial charge in [0, 0.05) is 16.8 Å². The number of halogens is 1. The summed E-state index contributed by atoms with van der Waals surface area (Å²) in [6, 6.07) is 1.91. The predicted molar refractivity (Wildman–Crippen MR) is 43.5 cm³/mol. The molecule has 0 saturated carbocycles. The van der Waals surface area contributed by atoms with Crippen molar-refractivity contribution in [3.8, 4) is 0 Å². The number of hydrogen-bond acceptors (Lipinski definition) is 1. The maximum absolute atomic E-state index is 10.3. The average molecular weight is 235 g/mol. The lowest BCUT2D eigenvalue weighted by molar-refractivity contribution is 0.111. The van der Waals surface area contributed by atoms with Crippen molar-refractivity contribution in [1.29, 1.82) is 0 Å². The molecule has 0 aliphatic rings. The minimum Gasteiger partial charge on any atom is -0.348 e. The number of carbonyl (C=O) groups is 1. The van der Waals surface area contributed by atoms with E-state index in [-0.39, 0.29) is 0 Å². The van der Waals surface area contributed by atoms with Crippen molar-refractivity contribution in [1.82, 2.24) is 4.57 Å². The normalized spacial score (nSPS) is 9.56. The topological polar surface area (TPSA) is 22.0 Å². The molecule has 1 aromatic heterocycles. The van der Waals surface area contributed by atoms with Gasteiger partial charge in [-0.15, -0.1) is 0 Å². The number of rotatable bonds is 1. The largest absolute Gasteiger partial charge is 0.348 e. The quantitative estimate of drug-likeness (QED) is 0.533. The summed E-state index contributed by atoms with van der Waals surface area (Å²) in [4.78, 5) is 10.3. The molecule has 0 fully saturated rings. The van der Waals surface area contributed by atoms with Crippen molar-refractivity contribution in [2.75, 3.05) is 0 Å². The van der Waals surface area contributed by atoms with Gasteiger partial charge in [-0.25, -0.2) is 0 Å². The SMILES string of the molecule is Cn1ccc(I)c1C=O. The van der Waals surface area contributed by atoms with E-state index in [0.717, 1.165) is 15.6 Å². The molecule has 0 spiro atoms. The van der Waals surface area contributed by atoms with E-state index in [1.54, 1.807) is 4.57 Å². The maximum atomic E-state index is 10.3. The molecule has 1 aromatic rings. The Bertz CT molecular complexity index is 209. The third-order valence-electron chi connectivity index (χ3n) is 1.18. The number of nitrogens with zero attached hydrogens (tertiary/aromatic N) is 1. The molecule has 0 saturated heterocycles. The maximum Gasteiger partial charge on any atom is 0.167 e. The third-order valence-corrected chi connectivity index (χ3v) is 2.09. The van der Waals surface area contributed by atoms with Crippen LogP contribution in [0.5, 0.6) is 0 Å². The van der Waals surface area contributed by atoms with Crippen LogP contribution in [0.25, 0.3) is 0 Å². The predicted octanol–water partition coefficient (Wildman–Crippen LogP) is 1.44. The van der Waals surface area contributed by atoms with Crippen LogP contribution in [0.4, 0.5) is 0 Å². The average Bonchev–Trinajstić information content (AvgIpc) is 2.12. The zero-order valence-corrected chi connectivity index (χ0v) is 7.12. The summed E-state index contributed by atoms with van der Waals surface area (Å²) in [6.45, 7) is 0. The second-order valence-corrected chi connectivity index (χ2v) is 2.94. The summed E-state index contributed by atoms with van der Waals surface area (Å²) in [5.41, 5.74) is 0.746. The fraction of sp³-hybridized carbons (Fsp3) is 0.167. The molecular formula is C6H6INO. The minimum atomic E-state index is 0.746. The molecule has 0 N–H and O–H groups in total. The van der Waals surface area contributed by atoms with Crippen LogP contribution < -0.4 is 0 Å². The van der Waals surface area contributed by atoms with E-state index in [2.05, 4.69) is 22.6 Å². The van der Waals surface area contributed by atoms with E-state index in [1.807, 2.05) is 19.3 Å². The van der Waals surface area contributed by atoms with Crippen molar-refractivity contribution in [2.24, 2.45) is 7.05 Å². The lowest BCUT2D eigenvalue weighted by Crippen LogP contribution is -1.93. The number of hydrogen-bond donors (Lipinski definition) is 0. The van der Waals surface area contributed by atoms with Gasteiger partial charge in [0.15, 0.2) is 6.29 Å². The van der Waals surface area contributed by atoms with Gasteiger partial charge in [0.1, 0.15) is 0 Å². The molecule has 0 aromatic carbocycles. The van der Waals surface area contributed by atoms with E-state index in [9.17, 15) is 4.79 Å². The summed E-state index contributed by atoms with van der Waals surface area (Å²) in [7, 11) is 1.85. The molecular weight excluding hydrogens is 229 g/mol. The molecule has 9 heavy (non-hydrogen) atoms. The highest BCUT2D eigenvalue weighted by Gasteiger charge is 1.99. The number of aromatic nitrogens is 1. The molecule has 0 radical (unpaired) electrons. The number of aryl methyl sites for hydroxylation is 1. The zero-order chi connectivity index (χ0) is 6.85. The van der Waals surface area contributed by atoms with Crippen molar-refractivity contribution in [2.45, 2.75) is 0 Å². The first-order valence-corrected chi connectivity index (χ1v) is 3.59. The first-order valence-electron chi connectivity index (χ1n) is 2.51. The van der Waals surface area contributed by atoms with Gasteiger partial charge in [-0.1, -0.05) is 0 Å². The van der Waals surface area contributed by atoms with Gasteiger partial charge in [-0.3, -0.25) is 4.79 Å². The van der Waals surface area contributed by atoms with Gasteiger partial charge < -0.3 is 4.57 Å². The Kier molecular flexibility index (Phi) is 1.90. The summed E-state index contributed by atoms with van der Waals surface area (Å²) < 4.78 is 2.81. The smallest absolute Gasteiger partial charge is 0.167 e. The second kappa shape index (κ2) is 2.51. The van der Waals surface area contributed by atoms with Crippen LogP contribution in [-0.4, -0.2) is 10.9 Å². The molecule has 0 bridgehead atoms. The highest BCUT2D eigenvalue weighted by molar-refractivity contribution is 14.1. The monoisotopic (exact) mass is 235 g/mol. The highest BCUT2D eigenvalue weighted by Crippen LogP contribution is 2.09. The molecule has 0 aliphatic carbocycles. The highest BCUT2D eigenvalue weighted by atomic mass is 127. The summed E-state index contributed by atoms with van der Waals surface area (Å²) in [5, 5.41) is 0. The van der Waals surface area contributed by atoms with E-state index in [0.29, 0.717) is 0 Å². The van der Waals surface area contributed by atoms with Crippen LogP contribution in [0.1, 0.15) is 10.5 Å². The number of carbonyl (C=O) groups excluding carboxylic acids is 1. The van der Waals surface area contributed by atoms with Crippen LogP contribution in [0, 0.1) is 3.57 Å². The molecule has 1 heterocycles. The van der Waals surface area contributed by atoms with Crippen LogP contribution in [0.3, 0.4) is 0 Å². The van der Waals surface area contributed by atoms with E-state index in [1.165, 1.54) is 0 Å². The lowest BCUT2D eigenvalue weighted by Gasteiger charge is -1.91. The Morgan fingerprint density at radius 2 is 2.44 bits per heavy atom. The lowest BCUT2D eigenvalue weighted by atomic mass is 10.5. The van der Waals surface area contributed by atoms with Gasteiger partial charge >= 0.3 is 0 Å². The van der Waals surface area contributed by atoms with Crippen molar-refractivity contribution < 1.29 is 4.79 Å². The third kappa shape index (κ3) is 1.15. The molecule has 2 nitrogen and oxygen atoms in total. The van der Waals surface area contributed by atoms with Gasteiger partial charge in [-0.2, -0.15) is 0 Å². The molecule has 1 rings (SSSR count). The van der Waals surface area contributed by atoms with Crippen molar-refractivity contribution in [3.05, 3.63) is 21.5 Å². The van der Waals surface area contributed by atoms with E-state index < -0.39 is 0 Å². The Balaban J connectivity index is 3.22. The molecule has 48 valence electrons. The van der Waals surface area contributed by atoms with Crippen molar-refractivity contribution >= 4 is 28.9 Å². The number of aldehydes is 1. The Hall–Kier alpha value is -0.320. The Morgan fingerprint density at radius 3 is 2.67 bits per heavy atom. The minimum absolute atomic E-state index is 0.746. The van der Waals surface area contributed by atoms with E-state index >= 15 is 0 Å². The van der Waals surface area contributed by atoms with Gasteiger partial charge in [0.2, 0.25) is 0 Å². The standard InChI is InChI=1S/C6H6INO/c1-8-3-2-5(7)6(8)4-9/h2-4H,1H3.